The van der Waals surface area contributed by atoms with Crippen LogP contribution in [-0.2, 0) is 14.8 Å². The Kier molecular flexibility index (Phi) is 8.87. The van der Waals surface area contributed by atoms with E-state index in [9.17, 15) is 22.7 Å². The third kappa shape index (κ3) is 6.68. The van der Waals surface area contributed by atoms with E-state index in [1.165, 1.54) is 24.3 Å². The Bertz CT molecular complexity index is 1070. The molecule has 10 heteroatoms. The van der Waals surface area contributed by atoms with E-state index in [0.29, 0.717) is 24.8 Å². The first-order valence-corrected chi connectivity index (χ1v) is 12.9. The zero-order chi connectivity index (χ0) is 24.7. The number of hydrogen-bond donors (Lipinski definition) is 2. The van der Waals surface area contributed by atoms with E-state index in [4.69, 9.17) is 4.74 Å². The van der Waals surface area contributed by atoms with Crippen molar-refractivity contribution >= 4 is 27.4 Å². The molecule has 0 atom stereocenters. The SMILES string of the molecule is CCOCCCN(C)C1CCN(c2ccc(C(=O)O)cc2NS(=O)(=O)c2ccc(F)cc2)CC1. The number of ether oxygens (including phenoxy) is 1. The van der Waals surface area contributed by atoms with E-state index in [0.717, 1.165) is 51.2 Å². The zero-order valence-corrected chi connectivity index (χ0v) is 20.4. The third-order valence-electron chi connectivity index (χ3n) is 6.04. The molecule has 8 nitrogen and oxygen atoms in total. The third-order valence-corrected chi connectivity index (χ3v) is 7.43. The highest BCUT2D eigenvalue weighted by Crippen LogP contribution is 2.32. The highest BCUT2D eigenvalue weighted by Gasteiger charge is 2.26. The highest BCUT2D eigenvalue weighted by atomic mass is 32.2. The minimum atomic E-state index is -4.03. The van der Waals surface area contributed by atoms with Gasteiger partial charge in [0.05, 0.1) is 21.8 Å². The smallest absolute Gasteiger partial charge is 0.335 e. The second-order valence-corrected chi connectivity index (χ2v) is 10.0. The minimum Gasteiger partial charge on any atom is -0.478 e. The van der Waals surface area contributed by atoms with Gasteiger partial charge in [0.25, 0.3) is 10.0 Å². The summed E-state index contributed by atoms with van der Waals surface area (Å²) in [7, 11) is -1.92. The fraction of sp³-hybridized carbons (Fsp3) is 0.458. The highest BCUT2D eigenvalue weighted by molar-refractivity contribution is 7.92. The molecule has 34 heavy (non-hydrogen) atoms. The van der Waals surface area contributed by atoms with Gasteiger partial charge in [-0.2, -0.15) is 0 Å². The van der Waals surface area contributed by atoms with Gasteiger partial charge in [0.1, 0.15) is 5.82 Å². The lowest BCUT2D eigenvalue weighted by Crippen LogP contribution is -2.44. The molecular formula is C24H32FN3O5S. The van der Waals surface area contributed by atoms with Gasteiger partial charge in [-0.1, -0.05) is 0 Å². The summed E-state index contributed by atoms with van der Waals surface area (Å²) in [6, 6.07) is 9.33. The molecule has 0 radical (unpaired) electrons. The van der Waals surface area contributed by atoms with Crippen molar-refractivity contribution in [2.24, 2.45) is 0 Å². The summed E-state index contributed by atoms with van der Waals surface area (Å²) in [5, 5.41) is 9.41. The maximum absolute atomic E-state index is 13.2. The van der Waals surface area contributed by atoms with E-state index < -0.39 is 21.8 Å². The van der Waals surface area contributed by atoms with Crippen LogP contribution in [0.15, 0.2) is 47.4 Å². The van der Waals surface area contributed by atoms with Crippen molar-refractivity contribution in [3.05, 3.63) is 53.8 Å². The van der Waals surface area contributed by atoms with Gasteiger partial charge < -0.3 is 19.6 Å². The van der Waals surface area contributed by atoms with Gasteiger partial charge in [-0.15, -0.1) is 0 Å². The lowest BCUT2D eigenvalue weighted by Gasteiger charge is -2.38. The lowest BCUT2D eigenvalue weighted by atomic mass is 10.0. The Morgan fingerprint density at radius 1 is 1.21 bits per heavy atom. The number of nitrogens with one attached hydrogen (secondary N) is 1. The molecule has 1 heterocycles. The predicted octanol–water partition coefficient (Wildman–Crippen LogP) is 3.65. The number of sulfonamides is 1. The molecule has 0 spiro atoms. The Balaban J connectivity index is 1.75. The minimum absolute atomic E-state index is 0.0236. The van der Waals surface area contributed by atoms with Crippen molar-refractivity contribution in [1.29, 1.82) is 0 Å². The van der Waals surface area contributed by atoms with E-state index in [2.05, 4.69) is 21.6 Å². The van der Waals surface area contributed by atoms with E-state index in [-0.39, 0.29) is 16.1 Å². The van der Waals surface area contributed by atoms with Crippen LogP contribution in [0.3, 0.4) is 0 Å². The molecule has 186 valence electrons. The molecule has 0 unspecified atom stereocenters. The number of hydrogen-bond acceptors (Lipinski definition) is 6. The molecular weight excluding hydrogens is 461 g/mol. The average molecular weight is 494 g/mol. The van der Waals surface area contributed by atoms with Gasteiger partial charge in [-0.3, -0.25) is 4.72 Å². The van der Waals surface area contributed by atoms with Crippen LogP contribution in [0.25, 0.3) is 0 Å². The number of carbonyl (C=O) groups is 1. The second-order valence-electron chi connectivity index (χ2n) is 8.35. The van der Waals surface area contributed by atoms with Crippen LogP contribution < -0.4 is 9.62 Å². The Hall–Kier alpha value is -2.69. The monoisotopic (exact) mass is 493 g/mol. The summed E-state index contributed by atoms with van der Waals surface area (Å²) in [5.74, 6) is -1.69. The molecule has 0 aliphatic carbocycles. The van der Waals surface area contributed by atoms with E-state index in [1.807, 2.05) is 6.92 Å². The molecule has 1 aliphatic rings. The first-order valence-electron chi connectivity index (χ1n) is 11.4. The molecule has 1 fully saturated rings. The number of carboxylic acids is 1. The second kappa shape index (κ2) is 11.6. The fourth-order valence-electron chi connectivity index (χ4n) is 4.13. The summed E-state index contributed by atoms with van der Waals surface area (Å²) >= 11 is 0. The summed E-state index contributed by atoms with van der Waals surface area (Å²) in [6.07, 6.45) is 2.77. The molecule has 0 saturated carbocycles. The zero-order valence-electron chi connectivity index (χ0n) is 19.5. The van der Waals surface area contributed by atoms with Crippen molar-refractivity contribution in [3.63, 3.8) is 0 Å². The van der Waals surface area contributed by atoms with Crippen molar-refractivity contribution in [2.75, 3.05) is 49.5 Å². The standard InChI is InChI=1S/C24H32FN3O5S/c1-3-33-16-4-13-27(2)20-11-14-28(15-12-20)23-10-5-18(24(29)30)17-22(23)26-34(31,32)21-8-6-19(25)7-9-21/h5-10,17,20,26H,3-4,11-16H2,1-2H3,(H,29,30). The maximum Gasteiger partial charge on any atom is 0.335 e. The lowest BCUT2D eigenvalue weighted by molar-refractivity contribution is 0.0697. The summed E-state index contributed by atoms with van der Waals surface area (Å²) in [4.78, 5) is 15.8. The molecule has 2 N–H and O–H groups in total. The number of rotatable bonds is 11. The number of piperidine rings is 1. The van der Waals surface area contributed by atoms with Crippen LogP contribution in [0.1, 0.15) is 36.5 Å². The molecule has 0 aromatic heterocycles. The first-order chi connectivity index (χ1) is 16.2. The van der Waals surface area contributed by atoms with Gasteiger partial charge in [0.15, 0.2) is 0 Å². The Labute approximate surface area is 200 Å². The molecule has 2 aromatic carbocycles. The van der Waals surface area contributed by atoms with Crippen LogP contribution in [0, 0.1) is 5.82 Å². The van der Waals surface area contributed by atoms with Crippen LogP contribution in [0.4, 0.5) is 15.8 Å². The number of carboxylic acid groups (broad SMARTS) is 1. The first kappa shape index (κ1) is 25.9. The molecule has 0 amide bonds. The van der Waals surface area contributed by atoms with Crippen molar-refractivity contribution < 1.29 is 27.4 Å². The topological polar surface area (TPSA) is 99.2 Å². The number of benzene rings is 2. The van der Waals surface area contributed by atoms with Gasteiger partial charge in [-0.05, 0) is 75.7 Å². The fourth-order valence-corrected chi connectivity index (χ4v) is 5.20. The van der Waals surface area contributed by atoms with Crippen molar-refractivity contribution in [1.82, 2.24) is 4.90 Å². The van der Waals surface area contributed by atoms with Gasteiger partial charge in [0.2, 0.25) is 0 Å². The normalized spacial score (nSPS) is 15.0. The van der Waals surface area contributed by atoms with Crippen LogP contribution in [-0.4, -0.2) is 70.3 Å². The van der Waals surface area contributed by atoms with Crippen molar-refractivity contribution in [2.45, 2.75) is 37.1 Å². The number of halogens is 1. The summed E-state index contributed by atoms with van der Waals surface area (Å²) < 4.78 is 47.0. The Morgan fingerprint density at radius 3 is 2.50 bits per heavy atom. The van der Waals surface area contributed by atoms with E-state index in [1.54, 1.807) is 6.07 Å². The number of aromatic carboxylic acids is 1. The Morgan fingerprint density at radius 2 is 1.88 bits per heavy atom. The van der Waals surface area contributed by atoms with Crippen LogP contribution >= 0.6 is 0 Å². The maximum atomic E-state index is 13.2. The van der Waals surface area contributed by atoms with Gasteiger partial charge >= 0.3 is 5.97 Å². The molecule has 3 rings (SSSR count). The predicted molar refractivity (Wildman–Crippen MR) is 130 cm³/mol. The van der Waals surface area contributed by atoms with Crippen molar-refractivity contribution in [3.8, 4) is 0 Å². The average Bonchev–Trinajstić information content (AvgIpc) is 2.82. The number of anilines is 2. The molecule has 0 bridgehead atoms. The summed E-state index contributed by atoms with van der Waals surface area (Å²) in [6.45, 7) is 5.80. The largest absolute Gasteiger partial charge is 0.478 e. The van der Waals surface area contributed by atoms with Crippen LogP contribution in [0.2, 0.25) is 0 Å². The molecule has 1 aliphatic heterocycles. The quantitative estimate of drug-likeness (QED) is 0.461. The van der Waals surface area contributed by atoms with Gasteiger partial charge in [-0.25, -0.2) is 17.6 Å². The molecule has 1 saturated heterocycles. The molecule has 2 aromatic rings. The van der Waals surface area contributed by atoms with E-state index >= 15 is 0 Å². The van der Waals surface area contributed by atoms with Gasteiger partial charge in [0, 0.05) is 38.9 Å². The van der Waals surface area contributed by atoms with Crippen LogP contribution in [0.5, 0.6) is 0 Å². The number of nitrogens with zero attached hydrogens (tertiary/aromatic N) is 2. The summed E-state index contributed by atoms with van der Waals surface area (Å²) in [5.41, 5.74) is 0.783.